The van der Waals surface area contributed by atoms with Gasteiger partial charge in [0.1, 0.15) is 11.5 Å². The number of fused-ring (bicyclic) bond motifs is 1. The molecule has 0 bridgehead atoms. The van der Waals surface area contributed by atoms with E-state index in [-0.39, 0.29) is 17.6 Å². The van der Waals surface area contributed by atoms with E-state index in [4.69, 9.17) is 23.2 Å². The molecule has 0 unspecified atom stereocenters. The summed E-state index contributed by atoms with van der Waals surface area (Å²) >= 11 is 12.3. The SMILES string of the molecule is FC(F)(F)c1cc(N[C@H]2CCC[C@@H](Nc3ncccc3Cl)C2)c2cc(Cl)ccc2n1. The molecule has 1 fully saturated rings. The van der Waals surface area contributed by atoms with Gasteiger partial charge in [-0.1, -0.05) is 23.2 Å². The van der Waals surface area contributed by atoms with Crippen molar-refractivity contribution >= 4 is 45.6 Å². The average molecular weight is 455 g/mol. The fourth-order valence-corrected chi connectivity index (χ4v) is 4.17. The maximum Gasteiger partial charge on any atom is 0.433 e. The summed E-state index contributed by atoms with van der Waals surface area (Å²) in [7, 11) is 0. The van der Waals surface area contributed by atoms with E-state index < -0.39 is 11.9 Å². The van der Waals surface area contributed by atoms with E-state index in [2.05, 4.69) is 20.6 Å². The first-order valence-corrected chi connectivity index (χ1v) is 10.4. The number of hydrogen-bond acceptors (Lipinski definition) is 4. The number of hydrogen-bond donors (Lipinski definition) is 2. The molecular formula is C21H19Cl2F3N4. The van der Waals surface area contributed by atoms with Crippen LogP contribution in [0.5, 0.6) is 0 Å². The first kappa shape index (κ1) is 21.0. The Morgan fingerprint density at radius 2 is 1.77 bits per heavy atom. The van der Waals surface area contributed by atoms with Crippen molar-refractivity contribution in [2.45, 2.75) is 43.9 Å². The molecule has 9 heteroatoms. The van der Waals surface area contributed by atoms with E-state index in [0.717, 1.165) is 31.7 Å². The van der Waals surface area contributed by atoms with Crippen molar-refractivity contribution in [2.75, 3.05) is 10.6 Å². The van der Waals surface area contributed by atoms with Crippen molar-refractivity contribution in [2.24, 2.45) is 0 Å². The van der Waals surface area contributed by atoms with Gasteiger partial charge in [0, 0.05) is 34.4 Å². The van der Waals surface area contributed by atoms with Gasteiger partial charge in [0.05, 0.1) is 10.5 Å². The van der Waals surface area contributed by atoms with Gasteiger partial charge in [-0.15, -0.1) is 0 Å². The van der Waals surface area contributed by atoms with Crippen LogP contribution >= 0.6 is 23.2 Å². The zero-order valence-electron chi connectivity index (χ0n) is 15.8. The minimum absolute atomic E-state index is 0.00981. The molecule has 2 atom stereocenters. The molecule has 4 rings (SSSR count). The summed E-state index contributed by atoms with van der Waals surface area (Å²) in [4.78, 5) is 8.02. The molecular weight excluding hydrogens is 436 g/mol. The van der Waals surface area contributed by atoms with Gasteiger partial charge in [0.25, 0.3) is 0 Å². The monoisotopic (exact) mass is 454 g/mol. The second kappa shape index (κ2) is 8.47. The number of aromatic nitrogens is 2. The summed E-state index contributed by atoms with van der Waals surface area (Å²) in [6, 6.07) is 9.37. The number of anilines is 2. The highest BCUT2D eigenvalue weighted by Gasteiger charge is 2.34. The van der Waals surface area contributed by atoms with Crippen LogP contribution < -0.4 is 10.6 Å². The number of nitrogens with one attached hydrogen (secondary N) is 2. The Hall–Kier alpha value is -2.25. The Balaban J connectivity index is 1.58. The molecule has 1 aliphatic rings. The average Bonchev–Trinajstić information content (AvgIpc) is 2.69. The molecule has 2 heterocycles. The highest BCUT2D eigenvalue weighted by Crippen LogP contribution is 2.35. The number of alkyl halides is 3. The van der Waals surface area contributed by atoms with Crippen LogP contribution in [0.1, 0.15) is 31.4 Å². The van der Waals surface area contributed by atoms with Crippen LogP contribution in [-0.2, 0) is 6.18 Å². The van der Waals surface area contributed by atoms with Crippen LogP contribution in [0.4, 0.5) is 24.7 Å². The number of nitrogens with zero attached hydrogens (tertiary/aromatic N) is 2. The fraction of sp³-hybridized carbons (Fsp3) is 0.333. The Morgan fingerprint density at radius 3 is 2.50 bits per heavy atom. The Bertz CT molecular complexity index is 1060. The Morgan fingerprint density at radius 1 is 1.00 bits per heavy atom. The number of halogens is 5. The third-order valence-electron chi connectivity index (χ3n) is 5.19. The van der Waals surface area contributed by atoms with Crippen LogP contribution in [-0.4, -0.2) is 22.1 Å². The maximum atomic E-state index is 13.4. The van der Waals surface area contributed by atoms with Crippen molar-refractivity contribution < 1.29 is 13.2 Å². The number of pyridine rings is 2. The van der Waals surface area contributed by atoms with Crippen LogP contribution in [0.25, 0.3) is 10.9 Å². The topological polar surface area (TPSA) is 49.8 Å². The van der Waals surface area contributed by atoms with Crippen molar-refractivity contribution in [1.29, 1.82) is 0 Å². The maximum absolute atomic E-state index is 13.4. The lowest BCUT2D eigenvalue weighted by Gasteiger charge is -2.32. The third-order valence-corrected chi connectivity index (χ3v) is 5.73. The van der Waals surface area contributed by atoms with Gasteiger partial charge >= 0.3 is 6.18 Å². The predicted molar refractivity (Wildman–Crippen MR) is 114 cm³/mol. The zero-order valence-corrected chi connectivity index (χ0v) is 17.3. The molecule has 1 saturated carbocycles. The molecule has 30 heavy (non-hydrogen) atoms. The molecule has 158 valence electrons. The van der Waals surface area contributed by atoms with Crippen LogP contribution in [0.15, 0.2) is 42.6 Å². The van der Waals surface area contributed by atoms with Crippen molar-refractivity contribution in [1.82, 2.24) is 9.97 Å². The van der Waals surface area contributed by atoms with E-state index in [1.54, 1.807) is 24.4 Å². The van der Waals surface area contributed by atoms with E-state index >= 15 is 0 Å². The van der Waals surface area contributed by atoms with E-state index in [1.165, 1.54) is 12.1 Å². The minimum Gasteiger partial charge on any atom is -0.382 e. The van der Waals surface area contributed by atoms with Gasteiger partial charge in [0.2, 0.25) is 0 Å². The lowest BCUT2D eigenvalue weighted by atomic mass is 9.90. The third kappa shape index (κ3) is 4.73. The summed E-state index contributed by atoms with van der Waals surface area (Å²) in [5.74, 6) is 0.616. The first-order valence-electron chi connectivity index (χ1n) is 9.60. The van der Waals surface area contributed by atoms with Gasteiger partial charge in [-0.2, -0.15) is 13.2 Å². The highest BCUT2D eigenvalue weighted by atomic mass is 35.5. The van der Waals surface area contributed by atoms with Gasteiger partial charge < -0.3 is 10.6 Å². The first-order chi connectivity index (χ1) is 14.3. The Kier molecular flexibility index (Phi) is 5.93. The molecule has 1 aliphatic carbocycles. The van der Waals surface area contributed by atoms with Gasteiger partial charge in [0.15, 0.2) is 0 Å². The number of benzene rings is 1. The zero-order chi connectivity index (χ0) is 21.3. The van der Waals surface area contributed by atoms with E-state index in [0.29, 0.717) is 26.9 Å². The standard InChI is InChI=1S/C21H19Cl2F3N4/c22-12-6-7-17-15(9-12)18(11-19(30-17)21(24,25)26)28-13-3-1-4-14(10-13)29-20-16(23)5-2-8-27-20/h2,5-9,11,13-14H,1,3-4,10H2,(H,27,29)(H,28,30)/t13-,14+/m0/s1. The van der Waals surface area contributed by atoms with Gasteiger partial charge in [-0.25, -0.2) is 9.97 Å². The van der Waals surface area contributed by atoms with Crippen LogP contribution in [0.3, 0.4) is 0 Å². The van der Waals surface area contributed by atoms with E-state index in [9.17, 15) is 13.2 Å². The van der Waals surface area contributed by atoms with Crippen LogP contribution in [0.2, 0.25) is 10.0 Å². The molecule has 1 aromatic carbocycles. The smallest absolute Gasteiger partial charge is 0.382 e. The summed E-state index contributed by atoms with van der Waals surface area (Å²) in [6.45, 7) is 0. The molecule has 0 spiro atoms. The lowest BCUT2D eigenvalue weighted by molar-refractivity contribution is -0.140. The summed E-state index contributed by atoms with van der Waals surface area (Å²) in [6.07, 6.45) is 0.560. The quantitative estimate of drug-likeness (QED) is 0.455. The summed E-state index contributed by atoms with van der Waals surface area (Å²) in [5.41, 5.74) is -0.288. The molecule has 0 amide bonds. The normalized spacial score (nSPS) is 19.6. The van der Waals surface area contributed by atoms with Crippen LogP contribution in [0, 0.1) is 0 Å². The molecule has 2 aromatic heterocycles. The molecule has 0 radical (unpaired) electrons. The van der Waals surface area contributed by atoms with Crippen molar-refractivity contribution in [3.05, 3.63) is 58.3 Å². The highest BCUT2D eigenvalue weighted by molar-refractivity contribution is 6.32. The van der Waals surface area contributed by atoms with E-state index in [1.807, 2.05) is 0 Å². The molecule has 0 aliphatic heterocycles. The predicted octanol–water partition coefficient (Wildman–Crippen LogP) is 6.79. The van der Waals surface area contributed by atoms with Crippen molar-refractivity contribution in [3.63, 3.8) is 0 Å². The summed E-state index contributed by atoms with van der Waals surface area (Å²) in [5, 5.41) is 8.20. The minimum atomic E-state index is -4.53. The van der Waals surface area contributed by atoms with Crippen molar-refractivity contribution in [3.8, 4) is 0 Å². The largest absolute Gasteiger partial charge is 0.433 e. The molecule has 2 N–H and O–H groups in total. The van der Waals surface area contributed by atoms with Gasteiger partial charge in [-0.3, -0.25) is 0 Å². The molecule has 0 saturated heterocycles. The van der Waals surface area contributed by atoms with Gasteiger partial charge in [-0.05, 0) is 62.1 Å². The summed E-state index contributed by atoms with van der Waals surface area (Å²) < 4.78 is 40.1. The second-order valence-electron chi connectivity index (χ2n) is 7.40. The molecule has 4 nitrogen and oxygen atoms in total. The molecule has 3 aromatic rings. The number of rotatable bonds is 4. The fourth-order valence-electron chi connectivity index (χ4n) is 3.82. The Labute approximate surface area is 181 Å². The lowest BCUT2D eigenvalue weighted by Crippen LogP contribution is -2.34. The second-order valence-corrected chi connectivity index (χ2v) is 8.24.